The van der Waals surface area contributed by atoms with Crippen molar-refractivity contribution < 1.29 is 9.84 Å². The maximum absolute atomic E-state index is 10.3. The van der Waals surface area contributed by atoms with Crippen LogP contribution < -0.4 is 4.74 Å². The van der Waals surface area contributed by atoms with Gasteiger partial charge in [-0.3, -0.25) is 5.11 Å². The highest BCUT2D eigenvalue weighted by molar-refractivity contribution is 7.80. The third-order valence-electron chi connectivity index (χ3n) is 1.10. The van der Waals surface area contributed by atoms with E-state index in [1.54, 1.807) is 12.1 Å². The van der Waals surface area contributed by atoms with Gasteiger partial charge in [0.25, 0.3) is 5.05 Å². The maximum atomic E-state index is 10.3. The van der Waals surface area contributed by atoms with Gasteiger partial charge in [0, 0.05) is 0 Å². The van der Waals surface area contributed by atoms with Gasteiger partial charge in [-0.05, 0) is 24.4 Å². The van der Waals surface area contributed by atoms with Gasteiger partial charge in [0.2, 0.25) is 0 Å². The van der Waals surface area contributed by atoms with Crippen LogP contribution in [0.2, 0.25) is 0 Å². The first kappa shape index (κ1) is 8.01. The van der Waals surface area contributed by atoms with E-state index in [4.69, 9.17) is 4.74 Å². The van der Waals surface area contributed by atoms with Gasteiger partial charge in [-0.25, -0.2) is 0 Å². The lowest BCUT2D eigenvalue weighted by Gasteiger charge is -2.00. The van der Waals surface area contributed by atoms with Crippen molar-refractivity contribution in [1.29, 1.82) is 0 Å². The van der Waals surface area contributed by atoms with Crippen molar-refractivity contribution in [2.24, 2.45) is 0 Å². The van der Waals surface area contributed by atoms with Crippen LogP contribution in [0.5, 0.6) is 5.75 Å². The lowest BCUT2D eigenvalue weighted by Crippen LogP contribution is -2.05. The standard InChI is InChI=1S/C8H7O2S/c9-8(11)6-10-7-4-2-1-3-5-7/h1-5H,6H2. The molecule has 0 saturated heterocycles. The van der Waals surface area contributed by atoms with Crippen LogP contribution in [0.3, 0.4) is 0 Å². The van der Waals surface area contributed by atoms with E-state index < -0.39 is 0 Å². The average molecular weight is 167 g/mol. The number of hydrogen-bond donors (Lipinski definition) is 0. The summed E-state index contributed by atoms with van der Waals surface area (Å²) in [5, 5.41) is 9.93. The summed E-state index contributed by atoms with van der Waals surface area (Å²) in [5.74, 6) is 0.672. The largest absolute Gasteiger partial charge is 0.485 e. The lowest BCUT2D eigenvalue weighted by atomic mass is 10.3. The van der Waals surface area contributed by atoms with Gasteiger partial charge in [-0.15, -0.1) is 0 Å². The minimum Gasteiger partial charge on any atom is -0.485 e. The predicted octanol–water partition coefficient (Wildman–Crippen LogP) is 1.82. The molecular weight excluding hydrogens is 160 g/mol. The number of benzene rings is 1. The third kappa shape index (κ3) is 3.00. The molecule has 1 aromatic rings. The van der Waals surface area contributed by atoms with Gasteiger partial charge < -0.3 is 4.74 Å². The summed E-state index contributed by atoms with van der Waals surface area (Å²) in [6.07, 6.45) is 0. The predicted molar refractivity (Wildman–Crippen MR) is 45.2 cm³/mol. The molecule has 1 radical (unpaired) electrons. The van der Waals surface area contributed by atoms with Crippen LogP contribution in [0, 0.1) is 0 Å². The van der Waals surface area contributed by atoms with Crippen molar-refractivity contribution in [3.8, 4) is 5.75 Å². The molecule has 1 aromatic carbocycles. The molecule has 0 aliphatic carbocycles. The Hall–Kier alpha value is -1.09. The third-order valence-corrected chi connectivity index (χ3v) is 1.22. The fourth-order valence-corrected chi connectivity index (χ4v) is 0.718. The molecule has 1 rings (SSSR count). The highest BCUT2D eigenvalue weighted by Crippen LogP contribution is 2.07. The van der Waals surface area contributed by atoms with Crippen LogP contribution in [0.15, 0.2) is 30.3 Å². The monoisotopic (exact) mass is 167 g/mol. The molecule has 3 heteroatoms. The first-order valence-corrected chi connectivity index (χ1v) is 3.57. The molecule has 0 saturated carbocycles. The Labute approximate surface area is 70.4 Å². The smallest absolute Gasteiger partial charge is 0.256 e. The van der Waals surface area contributed by atoms with Gasteiger partial charge in [0.15, 0.2) is 6.61 Å². The first-order chi connectivity index (χ1) is 5.29. The van der Waals surface area contributed by atoms with Crippen LogP contribution in [0.1, 0.15) is 0 Å². The van der Waals surface area contributed by atoms with Gasteiger partial charge in [-0.2, -0.15) is 0 Å². The summed E-state index contributed by atoms with van der Waals surface area (Å²) < 4.78 is 5.01. The zero-order valence-corrected chi connectivity index (χ0v) is 6.64. The van der Waals surface area contributed by atoms with E-state index in [2.05, 4.69) is 12.2 Å². The zero-order valence-electron chi connectivity index (χ0n) is 5.82. The topological polar surface area (TPSA) is 29.1 Å². The quantitative estimate of drug-likeness (QED) is 0.642. The number of ether oxygens (including phenoxy) is 1. The van der Waals surface area contributed by atoms with Crippen LogP contribution in [0.4, 0.5) is 0 Å². The van der Waals surface area contributed by atoms with Crippen LogP contribution in [-0.4, -0.2) is 11.7 Å². The fraction of sp³-hybridized carbons (Fsp3) is 0.125. The number of para-hydroxylation sites is 1. The highest BCUT2D eigenvalue weighted by Gasteiger charge is 1.95. The fourth-order valence-electron chi connectivity index (χ4n) is 0.659. The van der Waals surface area contributed by atoms with Crippen LogP contribution >= 0.6 is 12.2 Å². The summed E-state index contributed by atoms with van der Waals surface area (Å²) in [4.78, 5) is 0. The number of rotatable bonds is 3. The zero-order chi connectivity index (χ0) is 8.10. The van der Waals surface area contributed by atoms with Crippen molar-refractivity contribution in [3.63, 3.8) is 0 Å². The highest BCUT2D eigenvalue weighted by atomic mass is 32.1. The Kier molecular flexibility index (Phi) is 2.86. The van der Waals surface area contributed by atoms with E-state index in [1.807, 2.05) is 18.2 Å². The molecule has 2 nitrogen and oxygen atoms in total. The molecule has 0 fully saturated rings. The lowest BCUT2D eigenvalue weighted by molar-refractivity contribution is 0.325. The van der Waals surface area contributed by atoms with Gasteiger partial charge in [0.05, 0.1) is 0 Å². The molecule has 0 aliphatic heterocycles. The normalized spacial score (nSPS) is 9.09. The molecule has 0 atom stereocenters. The van der Waals surface area contributed by atoms with E-state index in [-0.39, 0.29) is 11.7 Å². The molecule has 0 amide bonds. The molecule has 0 aromatic heterocycles. The second-order valence-electron chi connectivity index (χ2n) is 1.97. The Balaban J connectivity index is 2.45. The van der Waals surface area contributed by atoms with E-state index >= 15 is 0 Å². The van der Waals surface area contributed by atoms with Crippen LogP contribution in [0.25, 0.3) is 0 Å². The average Bonchev–Trinajstić information content (AvgIpc) is 2.03. The molecule has 0 aliphatic rings. The number of thiocarbonyl (C=S) groups is 1. The summed E-state index contributed by atoms with van der Waals surface area (Å²) >= 11 is 4.31. The SMILES string of the molecule is [O]C(=S)COc1ccccc1. The molecule has 0 unspecified atom stereocenters. The van der Waals surface area contributed by atoms with E-state index in [0.29, 0.717) is 5.75 Å². The van der Waals surface area contributed by atoms with Crippen LogP contribution in [-0.2, 0) is 5.11 Å². The van der Waals surface area contributed by atoms with E-state index in [9.17, 15) is 5.11 Å². The summed E-state index contributed by atoms with van der Waals surface area (Å²) in [5.41, 5.74) is 0. The van der Waals surface area contributed by atoms with Crippen molar-refractivity contribution >= 4 is 17.3 Å². The minimum absolute atomic E-state index is 0.0284. The first-order valence-electron chi connectivity index (χ1n) is 3.17. The maximum Gasteiger partial charge on any atom is 0.256 e. The molecule has 11 heavy (non-hydrogen) atoms. The Morgan fingerprint density at radius 1 is 1.36 bits per heavy atom. The second-order valence-corrected chi connectivity index (χ2v) is 2.43. The second kappa shape index (κ2) is 3.93. The molecule has 0 spiro atoms. The number of hydrogen-bond acceptors (Lipinski definition) is 2. The summed E-state index contributed by atoms with van der Waals surface area (Å²) in [6.45, 7) is -0.0284. The van der Waals surface area contributed by atoms with Crippen molar-refractivity contribution in [2.45, 2.75) is 0 Å². The van der Waals surface area contributed by atoms with Crippen molar-refractivity contribution in [1.82, 2.24) is 0 Å². The van der Waals surface area contributed by atoms with E-state index in [1.165, 1.54) is 0 Å². The summed E-state index contributed by atoms with van der Waals surface area (Å²) in [6, 6.07) is 9.10. The summed E-state index contributed by atoms with van der Waals surface area (Å²) in [7, 11) is 0. The Morgan fingerprint density at radius 2 is 2.00 bits per heavy atom. The Morgan fingerprint density at radius 3 is 2.55 bits per heavy atom. The van der Waals surface area contributed by atoms with Gasteiger partial charge in [0.1, 0.15) is 5.75 Å². The minimum atomic E-state index is -0.381. The van der Waals surface area contributed by atoms with Crippen molar-refractivity contribution in [2.75, 3.05) is 6.61 Å². The molecule has 0 N–H and O–H groups in total. The molecule has 0 heterocycles. The van der Waals surface area contributed by atoms with E-state index in [0.717, 1.165) is 0 Å². The molecule has 0 bridgehead atoms. The Bertz CT molecular complexity index is 233. The van der Waals surface area contributed by atoms with Gasteiger partial charge >= 0.3 is 0 Å². The molecular formula is C8H7O2S. The van der Waals surface area contributed by atoms with Crippen molar-refractivity contribution in [3.05, 3.63) is 30.3 Å². The van der Waals surface area contributed by atoms with Gasteiger partial charge in [-0.1, -0.05) is 18.2 Å². The molecule has 57 valence electrons.